The highest BCUT2D eigenvalue weighted by atomic mass is 15.2. The maximum atomic E-state index is 4.12. The molecule has 1 aromatic rings. The number of aromatic nitrogens is 1. The van der Waals surface area contributed by atoms with E-state index in [4.69, 9.17) is 0 Å². The lowest BCUT2D eigenvalue weighted by Gasteiger charge is -2.22. The van der Waals surface area contributed by atoms with Crippen molar-refractivity contribution >= 4 is 5.69 Å². The average Bonchev–Trinajstić information content (AvgIpc) is 2.53. The summed E-state index contributed by atoms with van der Waals surface area (Å²) in [6, 6.07) is 4.82. The van der Waals surface area contributed by atoms with Crippen molar-refractivity contribution in [3.8, 4) is 0 Å². The SMILES string of the molecule is CC1CCCN1c1cccnc1. The smallest absolute Gasteiger partial charge is 0.0555 e. The quantitative estimate of drug-likeness (QED) is 0.628. The lowest BCUT2D eigenvalue weighted by Crippen LogP contribution is -2.26. The maximum Gasteiger partial charge on any atom is 0.0555 e. The molecule has 0 spiro atoms. The number of pyridine rings is 1. The van der Waals surface area contributed by atoms with Gasteiger partial charge in [0, 0.05) is 18.8 Å². The van der Waals surface area contributed by atoms with Gasteiger partial charge in [0.1, 0.15) is 0 Å². The number of anilines is 1. The molecule has 1 atom stereocenters. The van der Waals surface area contributed by atoms with Crippen molar-refractivity contribution in [3.63, 3.8) is 0 Å². The first-order valence-electron chi connectivity index (χ1n) is 4.54. The third kappa shape index (κ3) is 1.29. The van der Waals surface area contributed by atoms with Gasteiger partial charge in [-0.15, -0.1) is 0 Å². The van der Waals surface area contributed by atoms with Gasteiger partial charge in [-0.2, -0.15) is 0 Å². The summed E-state index contributed by atoms with van der Waals surface area (Å²) in [7, 11) is 0. The van der Waals surface area contributed by atoms with Gasteiger partial charge in [-0.1, -0.05) is 0 Å². The van der Waals surface area contributed by atoms with Crippen LogP contribution in [0.1, 0.15) is 19.8 Å². The molecule has 1 aromatic heterocycles. The summed E-state index contributed by atoms with van der Waals surface area (Å²) < 4.78 is 0. The predicted molar refractivity (Wildman–Crippen MR) is 50.3 cm³/mol. The molecule has 1 unspecified atom stereocenters. The van der Waals surface area contributed by atoms with E-state index in [0.29, 0.717) is 6.04 Å². The molecule has 0 N–H and O–H groups in total. The molecule has 2 heterocycles. The highest BCUT2D eigenvalue weighted by Crippen LogP contribution is 2.23. The Morgan fingerprint density at radius 2 is 2.50 bits per heavy atom. The van der Waals surface area contributed by atoms with Crippen LogP contribution in [0.3, 0.4) is 0 Å². The third-order valence-corrected chi connectivity index (χ3v) is 2.53. The summed E-state index contributed by atoms with van der Waals surface area (Å²) in [5, 5.41) is 0. The molecule has 0 aromatic carbocycles. The Labute approximate surface area is 73.2 Å². The van der Waals surface area contributed by atoms with Crippen LogP contribution in [-0.4, -0.2) is 17.6 Å². The highest BCUT2D eigenvalue weighted by Gasteiger charge is 2.19. The lowest BCUT2D eigenvalue weighted by atomic mass is 10.2. The summed E-state index contributed by atoms with van der Waals surface area (Å²) in [4.78, 5) is 6.55. The minimum absolute atomic E-state index is 0.689. The standard InChI is InChI=1S/C10H14N2/c1-9-4-3-7-12(9)10-5-2-6-11-8-10/h2,5-6,8-9H,3-4,7H2,1H3. The van der Waals surface area contributed by atoms with Gasteiger partial charge in [0.2, 0.25) is 0 Å². The minimum atomic E-state index is 0.689. The Morgan fingerprint density at radius 3 is 3.08 bits per heavy atom. The van der Waals surface area contributed by atoms with Crippen molar-refractivity contribution in [1.29, 1.82) is 0 Å². The summed E-state index contributed by atoms with van der Waals surface area (Å²) in [6.45, 7) is 3.47. The fourth-order valence-corrected chi connectivity index (χ4v) is 1.84. The van der Waals surface area contributed by atoms with Gasteiger partial charge in [0.15, 0.2) is 0 Å². The van der Waals surface area contributed by atoms with Crippen LogP contribution in [-0.2, 0) is 0 Å². The van der Waals surface area contributed by atoms with Crippen LogP contribution in [0.15, 0.2) is 24.5 Å². The highest BCUT2D eigenvalue weighted by molar-refractivity contribution is 5.45. The van der Waals surface area contributed by atoms with Crippen LogP contribution in [0.25, 0.3) is 0 Å². The van der Waals surface area contributed by atoms with E-state index in [1.165, 1.54) is 25.1 Å². The molecule has 64 valence electrons. The van der Waals surface area contributed by atoms with Gasteiger partial charge in [0.25, 0.3) is 0 Å². The molecule has 1 aliphatic rings. The minimum Gasteiger partial charge on any atom is -0.368 e. The van der Waals surface area contributed by atoms with Gasteiger partial charge in [-0.05, 0) is 31.9 Å². The van der Waals surface area contributed by atoms with Gasteiger partial charge in [-0.3, -0.25) is 4.98 Å². The Bertz CT molecular complexity index is 245. The number of rotatable bonds is 1. The van der Waals surface area contributed by atoms with Crippen molar-refractivity contribution in [2.75, 3.05) is 11.4 Å². The molecular formula is C10H14N2. The number of nitrogens with zero attached hydrogens (tertiary/aromatic N) is 2. The first-order valence-corrected chi connectivity index (χ1v) is 4.54. The molecule has 2 rings (SSSR count). The van der Waals surface area contributed by atoms with E-state index in [9.17, 15) is 0 Å². The number of hydrogen-bond acceptors (Lipinski definition) is 2. The Hall–Kier alpha value is -1.05. The van der Waals surface area contributed by atoms with Crippen molar-refractivity contribution in [1.82, 2.24) is 4.98 Å². The fraction of sp³-hybridized carbons (Fsp3) is 0.500. The van der Waals surface area contributed by atoms with Crippen LogP contribution >= 0.6 is 0 Å². The van der Waals surface area contributed by atoms with Crippen molar-refractivity contribution in [3.05, 3.63) is 24.5 Å². The zero-order valence-electron chi connectivity index (χ0n) is 7.40. The molecule has 1 fully saturated rings. The molecular weight excluding hydrogens is 148 g/mol. The monoisotopic (exact) mass is 162 g/mol. The molecule has 12 heavy (non-hydrogen) atoms. The van der Waals surface area contributed by atoms with Gasteiger partial charge < -0.3 is 4.90 Å². The van der Waals surface area contributed by atoms with Crippen LogP contribution in [0.4, 0.5) is 5.69 Å². The molecule has 2 nitrogen and oxygen atoms in total. The molecule has 1 aliphatic heterocycles. The van der Waals surface area contributed by atoms with E-state index < -0.39 is 0 Å². The first kappa shape index (κ1) is 7.59. The second-order valence-corrected chi connectivity index (χ2v) is 3.40. The molecule has 0 saturated carbocycles. The Morgan fingerprint density at radius 1 is 1.58 bits per heavy atom. The summed E-state index contributed by atoms with van der Waals surface area (Å²) in [5.74, 6) is 0. The maximum absolute atomic E-state index is 4.12. The van der Waals surface area contributed by atoms with Crippen molar-refractivity contribution in [2.24, 2.45) is 0 Å². The normalized spacial score (nSPS) is 23.1. The summed E-state index contributed by atoms with van der Waals surface area (Å²) in [6.07, 6.45) is 6.40. The molecule has 2 heteroatoms. The molecule has 0 amide bonds. The van der Waals surface area contributed by atoms with Crippen LogP contribution < -0.4 is 4.90 Å². The zero-order valence-corrected chi connectivity index (χ0v) is 7.40. The second-order valence-electron chi connectivity index (χ2n) is 3.40. The molecule has 0 radical (unpaired) electrons. The molecule has 0 aliphatic carbocycles. The molecule has 0 bridgehead atoms. The predicted octanol–water partition coefficient (Wildman–Crippen LogP) is 2.07. The van der Waals surface area contributed by atoms with E-state index in [1.54, 1.807) is 0 Å². The van der Waals surface area contributed by atoms with Gasteiger partial charge in [-0.25, -0.2) is 0 Å². The molecule has 1 saturated heterocycles. The third-order valence-electron chi connectivity index (χ3n) is 2.53. The largest absolute Gasteiger partial charge is 0.368 e. The van der Waals surface area contributed by atoms with E-state index >= 15 is 0 Å². The zero-order chi connectivity index (χ0) is 8.39. The van der Waals surface area contributed by atoms with E-state index in [0.717, 1.165) is 0 Å². The summed E-state index contributed by atoms with van der Waals surface area (Å²) >= 11 is 0. The van der Waals surface area contributed by atoms with Crippen LogP contribution in [0.5, 0.6) is 0 Å². The number of hydrogen-bond donors (Lipinski definition) is 0. The second kappa shape index (κ2) is 3.13. The Kier molecular flexibility index (Phi) is 1.98. The van der Waals surface area contributed by atoms with Gasteiger partial charge in [0.05, 0.1) is 11.9 Å². The van der Waals surface area contributed by atoms with Crippen LogP contribution in [0.2, 0.25) is 0 Å². The van der Waals surface area contributed by atoms with Gasteiger partial charge >= 0.3 is 0 Å². The van der Waals surface area contributed by atoms with E-state index in [-0.39, 0.29) is 0 Å². The first-order chi connectivity index (χ1) is 5.88. The van der Waals surface area contributed by atoms with E-state index in [2.05, 4.69) is 22.9 Å². The Balaban J connectivity index is 2.19. The fourth-order valence-electron chi connectivity index (χ4n) is 1.84. The summed E-state index contributed by atoms with van der Waals surface area (Å²) in [5.41, 5.74) is 1.27. The van der Waals surface area contributed by atoms with Crippen molar-refractivity contribution in [2.45, 2.75) is 25.8 Å². The van der Waals surface area contributed by atoms with Crippen LogP contribution in [0, 0.1) is 0 Å². The lowest BCUT2D eigenvalue weighted by molar-refractivity contribution is 0.734. The average molecular weight is 162 g/mol. The van der Waals surface area contributed by atoms with Crippen molar-refractivity contribution < 1.29 is 0 Å². The van der Waals surface area contributed by atoms with E-state index in [1.807, 2.05) is 18.5 Å². The topological polar surface area (TPSA) is 16.1 Å².